The van der Waals surface area contributed by atoms with Crippen LogP contribution in [0.15, 0.2) is 29.3 Å². The average molecular weight is 340 g/mol. The van der Waals surface area contributed by atoms with E-state index in [-0.39, 0.29) is 11.2 Å². The van der Waals surface area contributed by atoms with Crippen molar-refractivity contribution in [2.45, 2.75) is 32.6 Å². The molecule has 6 heteroatoms. The SMILES string of the molecule is CN=C(NCCc1ccc(C(C)(C)C)cc1)NCCS(C)(=O)=O. The van der Waals surface area contributed by atoms with Crippen LogP contribution in [0.25, 0.3) is 0 Å². The second-order valence-corrected chi connectivity index (χ2v) is 9.01. The number of hydrogen-bond acceptors (Lipinski definition) is 3. The Morgan fingerprint density at radius 3 is 2.13 bits per heavy atom. The van der Waals surface area contributed by atoms with Gasteiger partial charge in [0, 0.05) is 26.4 Å². The molecule has 1 aromatic carbocycles. The first-order chi connectivity index (χ1) is 10.6. The summed E-state index contributed by atoms with van der Waals surface area (Å²) < 4.78 is 22.2. The number of hydrogen-bond donors (Lipinski definition) is 2. The molecule has 0 aliphatic heterocycles. The Morgan fingerprint density at radius 1 is 1.09 bits per heavy atom. The van der Waals surface area contributed by atoms with Crippen molar-refractivity contribution in [2.75, 3.05) is 32.1 Å². The van der Waals surface area contributed by atoms with Crippen LogP contribution in [-0.4, -0.2) is 46.5 Å². The van der Waals surface area contributed by atoms with Crippen molar-refractivity contribution in [3.63, 3.8) is 0 Å². The largest absolute Gasteiger partial charge is 0.356 e. The lowest BCUT2D eigenvalue weighted by atomic mass is 9.86. The molecule has 23 heavy (non-hydrogen) atoms. The molecule has 0 radical (unpaired) electrons. The van der Waals surface area contributed by atoms with E-state index >= 15 is 0 Å². The average Bonchev–Trinajstić information content (AvgIpc) is 2.44. The third kappa shape index (κ3) is 8.02. The van der Waals surface area contributed by atoms with Crippen molar-refractivity contribution in [3.8, 4) is 0 Å². The van der Waals surface area contributed by atoms with E-state index in [4.69, 9.17) is 0 Å². The summed E-state index contributed by atoms with van der Waals surface area (Å²) in [4.78, 5) is 4.08. The Balaban J connectivity index is 2.40. The third-order valence-corrected chi connectivity index (χ3v) is 4.46. The predicted octanol–water partition coefficient (Wildman–Crippen LogP) is 1.74. The van der Waals surface area contributed by atoms with Gasteiger partial charge in [-0.05, 0) is 23.0 Å². The highest BCUT2D eigenvalue weighted by atomic mass is 32.2. The monoisotopic (exact) mass is 339 g/mol. The Kier molecular flexibility index (Phi) is 7.06. The fourth-order valence-electron chi connectivity index (χ4n) is 2.07. The normalized spacial score (nSPS) is 13.0. The Hall–Kier alpha value is -1.56. The van der Waals surface area contributed by atoms with Crippen LogP contribution in [-0.2, 0) is 21.7 Å². The second kappa shape index (κ2) is 8.34. The highest BCUT2D eigenvalue weighted by molar-refractivity contribution is 7.90. The highest BCUT2D eigenvalue weighted by Gasteiger charge is 2.12. The maximum atomic E-state index is 11.1. The van der Waals surface area contributed by atoms with Crippen LogP contribution >= 0.6 is 0 Å². The van der Waals surface area contributed by atoms with Gasteiger partial charge >= 0.3 is 0 Å². The number of guanidine groups is 1. The van der Waals surface area contributed by atoms with E-state index in [0.717, 1.165) is 13.0 Å². The lowest BCUT2D eigenvalue weighted by Crippen LogP contribution is -2.40. The van der Waals surface area contributed by atoms with Gasteiger partial charge in [-0.2, -0.15) is 0 Å². The molecule has 0 saturated heterocycles. The summed E-state index contributed by atoms with van der Waals surface area (Å²) in [6.45, 7) is 7.72. The Bertz CT molecular complexity index is 614. The number of sulfone groups is 1. The molecule has 130 valence electrons. The van der Waals surface area contributed by atoms with Crippen LogP contribution < -0.4 is 10.6 Å². The van der Waals surface area contributed by atoms with Gasteiger partial charge in [-0.3, -0.25) is 4.99 Å². The van der Waals surface area contributed by atoms with Gasteiger partial charge in [-0.25, -0.2) is 8.42 Å². The predicted molar refractivity (Wildman–Crippen MR) is 97.9 cm³/mol. The molecule has 0 heterocycles. The molecular formula is C17H29N3O2S. The zero-order chi connectivity index (χ0) is 17.5. The fourth-order valence-corrected chi connectivity index (χ4v) is 2.54. The summed E-state index contributed by atoms with van der Waals surface area (Å²) >= 11 is 0. The molecule has 0 spiro atoms. The van der Waals surface area contributed by atoms with Gasteiger partial charge in [0.25, 0.3) is 0 Å². The number of nitrogens with one attached hydrogen (secondary N) is 2. The quantitative estimate of drug-likeness (QED) is 0.612. The molecule has 2 N–H and O–H groups in total. The lowest BCUT2D eigenvalue weighted by molar-refractivity contribution is 0.590. The highest BCUT2D eigenvalue weighted by Crippen LogP contribution is 2.22. The molecule has 0 unspecified atom stereocenters. The van der Waals surface area contributed by atoms with Crippen molar-refractivity contribution < 1.29 is 8.42 Å². The van der Waals surface area contributed by atoms with Gasteiger partial charge in [0.2, 0.25) is 0 Å². The van der Waals surface area contributed by atoms with Gasteiger partial charge in [-0.15, -0.1) is 0 Å². The molecule has 0 atom stereocenters. The molecule has 0 saturated carbocycles. The minimum absolute atomic E-state index is 0.0992. The van der Waals surface area contributed by atoms with Gasteiger partial charge in [0.05, 0.1) is 5.75 Å². The molecule has 0 aliphatic rings. The van der Waals surface area contributed by atoms with Crippen LogP contribution in [0.3, 0.4) is 0 Å². The van der Waals surface area contributed by atoms with E-state index in [1.165, 1.54) is 17.4 Å². The Morgan fingerprint density at radius 2 is 1.65 bits per heavy atom. The van der Waals surface area contributed by atoms with Crippen LogP contribution in [0, 0.1) is 0 Å². The van der Waals surface area contributed by atoms with E-state index in [2.05, 4.69) is 60.7 Å². The minimum Gasteiger partial charge on any atom is -0.356 e. The van der Waals surface area contributed by atoms with Crippen molar-refractivity contribution in [3.05, 3.63) is 35.4 Å². The van der Waals surface area contributed by atoms with E-state index in [1.807, 2.05) is 0 Å². The van der Waals surface area contributed by atoms with Crippen LogP contribution in [0.2, 0.25) is 0 Å². The Labute approximate surface area is 140 Å². The summed E-state index contributed by atoms with van der Waals surface area (Å²) in [5.74, 6) is 0.724. The molecule has 0 bridgehead atoms. The minimum atomic E-state index is -2.95. The first kappa shape index (κ1) is 19.5. The van der Waals surface area contributed by atoms with E-state index in [9.17, 15) is 8.42 Å². The van der Waals surface area contributed by atoms with Crippen LogP contribution in [0.4, 0.5) is 0 Å². The van der Waals surface area contributed by atoms with Gasteiger partial charge in [0.1, 0.15) is 9.84 Å². The van der Waals surface area contributed by atoms with Crippen LogP contribution in [0.1, 0.15) is 31.9 Å². The van der Waals surface area contributed by atoms with Gasteiger partial charge < -0.3 is 10.6 Å². The van der Waals surface area contributed by atoms with Gasteiger partial charge in [0.15, 0.2) is 5.96 Å². The summed E-state index contributed by atoms with van der Waals surface area (Å²) in [7, 11) is -1.28. The van der Waals surface area contributed by atoms with Crippen molar-refractivity contribution >= 4 is 15.8 Å². The lowest BCUT2D eigenvalue weighted by Gasteiger charge is -2.19. The summed E-state index contributed by atoms with van der Waals surface area (Å²) in [6, 6.07) is 8.66. The van der Waals surface area contributed by atoms with E-state index in [1.54, 1.807) is 7.05 Å². The molecule has 0 amide bonds. The molecule has 0 aliphatic carbocycles. The number of nitrogens with zero attached hydrogens (tertiary/aromatic N) is 1. The third-order valence-electron chi connectivity index (χ3n) is 3.51. The molecular weight excluding hydrogens is 310 g/mol. The topological polar surface area (TPSA) is 70.6 Å². The summed E-state index contributed by atoms with van der Waals surface area (Å²) in [5.41, 5.74) is 2.76. The first-order valence-corrected chi connectivity index (χ1v) is 9.89. The van der Waals surface area contributed by atoms with E-state index < -0.39 is 9.84 Å². The summed E-state index contributed by atoms with van der Waals surface area (Å²) in [6.07, 6.45) is 2.11. The van der Waals surface area contributed by atoms with Crippen molar-refractivity contribution in [2.24, 2.45) is 4.99 Å². The van der Waals surface area contributed by atoms with Crippen LogP contribution in [0.5, 0.6) is 0 Å². The molecule has 1 aromatic rings. The smallest absolute Gasteiger partial charge is 0.191 e. The molecule has 0 fully saturated rings. The second-order valence-electron chi connectivity index (χ2n) is 6.75. The van der Waals surface area contributed by atoms with Crippen molar-refractivity contribution in [1.29, 1.82) is 0 Å². The number of aliphatic imine (C=N–C) groups is 1. The zero-order valence-electron chi connectivity index (χ0n) is 14.8. The molecule has 5 nitrogen and oxygen atoms in total. The van der Waals surface area contributed by atoms with Crippen molar-refractivity contribution in [1.82, 2.24) is 10.6 Å². The number of rotatable bonds is 6. The van der Waals surface area contributed by atoms with E-state index in [0.29, 0.717) is 12.5 Å². The standard InChI is InChI=1S/C17H29N3O2S/c1-17(2,3)15-8-6-14(7-9-15)10-11-19-16(18-4)20-12-13-23(5,21)22/h6-9H,10-13H2,1-5H3,(H2,18,19,20). The first-order valence-electron chi connectivity index (χ1n) is 7.83. The summed E-state index contributed by atoms with van der Waals surface area (Å²) in [5, 5.41) is 6.19. The zero-order valence-corrected chi connectivity index (χ0v) is 15.6. The maximum absolute atomic E-state index is 11.1. The number of benzene rings is 1. The molecule has 1 rings (SSSR count). The fraction of sp³-hybridized carbons (Fsp3) is 0.588. The maximum Gasteiger partial charge on any atom is 0.191 e. The van der Waals surface area contributed by atoms with Gasteiger partial charge in [-0.1, -0.05) is 45.0 Å². The molecule has 0 aromatic heterocycles.